The first kappa shape index (κ1) is 17.1. The predicted octanol–water partition coefficient (Wildman–Crippen LogP) is 3.59. The van der Waals surface area contributed by atoms with Gasteiger partial charge in [0, 0.05) is 6.20 Å². The normalized spacial score (nSPS) is 11.5. The van der Waals surface area contributed by atoms with Gasteiger partial charge in [-0.1, -0.05) is 11.3 Å². The molecular weight excluding hydrogens is 357 g/mol. The van der Waals surface area contributed by atoms with E-state index in [1.165, 1.54) is 30.5 Å². The Kier molecular flexibility index (Phi) is 4.53. The third-order valence-electron chi connectivity index (χ3n) is 2.99. The van der Waals surface area contributed by atoms with Gasteiger partial charge >= 0.3 is 6.18 Å². The first-order valence-corrected chi connectivity index (χ1v) is 7.83. The number of thiazole rings is 1. The third kappa shape index (κ3) is 4.41. The van der Waals surface area contributed by atoms with E-state index in [9.17, 15) is 18.0 Å². The van der Waals surface area contributed by atoms with E-state index >= 15 is 0 Å². The van der Waals surface area contributed by atoms with Gasteiger partial charge in [-0.2, -0.15) is 13.2 Å². The number of rotatable bonds is 4. The van der Waals surface area contributed by atoms with Gasteiger partial charge in [0.15, 0.2) is 11.7 Å². The summed E-state index contributed by atoms with van der Waals surface area (Å²) in [5.74, 6) is 0.0966. The molecule has 10 heteroatoms. The van der Waals surface area contributed by atoms with Crippen LogP contribution in [0, 0.1) is 6.92 Å². The van der Waals surface area contributed by atoms with E-state index in [-0.39, 0.29) is 11.4 Å². The zero-order chi connectivity index (χ0) is 18.0. The quantitative estimate of drug-likeness (QED) is 0.762. The SMILES string of the molecule is Cc1nccc(C(=O)Nc2nc3ccc(OCC(F)(F)F)cc3s2)n1. The number of amides is 1. The largest absolute Gasteiger partial charge is 0.484 e. The summed E-state index contributed by atoms with van der Waals surface area (Å²) >= 11 is 1.12. The maximum absolute atomic E-state index is 12.2. The number of halogens is 3. The fraction of sp³-hybridized carbons (Fsp3) is 0.200. The van der Waals surface area contributed by atoms with Crippen molar-refractivity contribution in [3.63, 3.8) is 0 Å². The number of alkyl halides is 3. The second-order valence-corrected chi connectivity index (χ2v) is 6.03. The number of carbonyl (C=O) groups excluding carboxylic acids is 1. The first-order chi connectivity index (χ1) is 11.8. The van der Waals surface area contributed by atoms with Crippen LogP contribution in [0.2, 0.25) is 0 Å². The molecule has 0 aliphatic heterocycles. The van der Waals surface area contributed by atoms with Crippen LogP contribution in [0.25, 0.3) is 10.2 Å². The average Bonchev–Trinajstić information content (AvgIpc) is 2.93. The number of fused-ring (bicyclic) bond motifs is 1. The molecule has 0 aliphatic rings. The second kappa shape index (κ2) is 6.63. The number of hydrogen-bond acceptors (Lipinski definition) is 6. The molecule has 1 aromatic carbocycles. The highest BCUT2D eigenvalue weighted by Crippen LogP contribution is 2.30. The molecule has 2 heterocycles. The summed E-state index contributed by atoms with van der Waals surface area (Å²) in [4.78, 5) is 24.3. The smallest absolute Gasteiger partial charge is 0.422 e. The van der Waals surface area contributed by atoms with E-state index in [1.807, 2.05) is 0 Å². The van der Waals surface area contributed by atoms with E-state index in [4.69, 9.17) is 4.74 Å². The van der Waals surface area contributed by atoms with E-state index in [0.29, 0.717) is 21.2 Å². The topological polar surface area (TPSA) is 77.0 Å². The highest BCUT2D eigenvalue weighted by molar-refractivity contribution is 7.22. The van der Waals surface area contributed by atoms with Crippen molar-refractivity contribution in [1.29, 1.82) is 0 Å². The van der Waals surface area contributed by atoms with E-state index in [2.05, 4.69) is 20.3 Å². The van der Waals surface area contributed by atoms with Gasteiger partial charge in [0.1, 0.15) is 17.3 Å². The van der Waals surface area contributed by atoms with Crippen molar-refractivity contribution in [2.75, 3.05) is 11.9 Å². The van der Waals surface area contributed by atoms with Crippen molar-refractivity contribution in [2.24, 2.45) is 0 Å². The molecule has 1 amide bonds. The molecule has 130 valence electrons. The molecule has 0 aliphatic carbocycles. The van der Waals surface area contributed by atoms with Gasteiger partial charge in [-0.3, -0.25) is 10.1 Å². The van der Waals surface area contributed by atoms with Crippen LogP contribution in [0.15, 0.2) is 30.5 Å². The number of benzene rings is 1. The van der Waals surface area contributed by atoms with E-state index in [1.54, 1.807) is 6.92 Å². The van der Waals surface area contributed by atoms with E-state index < -0.39 is 18.7 Å². The molecule has 2 aromatic heterocycles. The molecule has 0 unspecified atom stereocenters. The number of hydrogen-bond donors (Lipinski definition) is 1. The third-order valence-corrected chi connectivity index (χ3v) is 3.93. The molecule has 0 spiro atoms. The molecule has 3 rings (SSSR count). The lowest BCUT2D eigenvalue weighted by molar-refractivity contribution is -0.153. The molecule has 3 aromatic rings. The lowest BCUT2D eigenvalue weighted by Gasteiger charge is -2.08. The van der Waals surface area contributed by atoms with Crippen molar-refractivity contribution < 1.29 is 22.7 Å². The molecule has 1 N–H and O–H groups in total. The highest BCUT2D eigenvalue weighted by atomic mass is 32.1. The molecule has 0 saturated carbocycles. The summed E-state index contributed by atoms with van der Waals surface area (Å²) in [7, 11) is 0. The van der Waals surface area contributed by atoms with Crippen LogP contribution in [0.3, 0.4) is 0 Å². The fourth-order valence-electron chi connectivity index (χ4n) is 1.96. The van der Waals surface area contributed by atoms with Crippen molar-refractivity contribution in [2.45, 2.75) is 13.1 Å². The molecule has 0 fully saturated rings. The molecule has 25 heavy (non-hydrogen) atoms. The predicted molar refractivity (Wildman–Crippen MR) is 85.9 cm³/mol. The van der Waals surface area contributed by atoms with Crippen LogP contribution in [0.1, 0.15) is 16.3 Å². The van der Waals surface area contributed by atoms with Gasteiger partial charge < -0.3 is 4.74 Å². The van der Waals surface area contributed by atoms with Crippen LogP contribution < -0.4 is 10.1 Å². The number of aryl methyl sites for hydroxylation is 1. The molecule has 6 nitrogen and oxygen atoms in total. The summed E-state index contributed by atoms with van der Waals surface area (Å²) < 4.78 is 41.9. The summed E-state index contributed by atoms with van der Waals surface area (Å²) in [6.45, 7) is 0.297. The summed E-state index contributed by atoms with van der Waals surface area (Å²) in [5.41, 5.74) is 0.736. The van der Waals surface area contributed by atoms with Crippen LogP contribution in [-0.4, -0.2) is 33.6 Å². The average molecular weight is 368 g/mol. The Morgan fingerprint density at radius 2 is 2.08 bits per heavy atom. The first-order valence-electron chi connectivity index (χ1n) is 7.01. The Bertz CT molecular complexity index is 927. The summed E-state index contributed by atoms with van der Waals surface area (Å²) in [6, 6.07) is 5.84. The van der Waals surface area contributed by atoms with Crippen molar-refractivity contribution >= 4 is 32.6 Å². The van der Waals surface area contributed by atoms with Gasteiger partial charge in [-0.05, 0) is 31.2 Å². The number of anilines is 1. The number of carbonyl (C=O) groups is 1. The maximum atomic E-state index is 12.2. The lowest BCUT2D eigenvalue weighted by atomic mass is 10.3. The number of aromatic nitrogens is 3. The Labute approximate surface area is 143 Å². The Morgan fingerprint density at radius 1 is 1.28 bits per heavy atom. The Hall–Kier alpha value is -2.75. The second-order valence-electron chi connectivity index (χ2n) is 5.00. The monoisotopic (exact) mass is 368 g/mol. The van der Waals surface area contributed by atoms with Gasteiger partial charge in [0.05, 0.1) is 10.2 Å². The molecular formula is C15H11F3N4O2S. The van der Waals surface area contributed by atoms with E-state index in [0.717, 1.165) is 11.3 Å². The van der Waals surface area contributed by atoms with Crippen LogP contribution >= 0.6 is 11.3 Å². The Morgan fingerprint density at radius 3 is 2.80 bits per heavy atom. The lowest BCUT2D eigenvalue weighted by Crippen LogP contribution is -2.19. The van der Waals surface area contributed by atoms with Crippen LogP contribution in [0.5, 0.6) is 5.75 Å². The fourth-order valence-corrected chi connectivity index (χ4v) is 2.85. The van der Waals surface area contributed by atoms with Gasteiger partial charge in [-0.25, -0.2) is 15.0 Å². The number of nitrogens with zero attached hydrogens (tertiary/aromatic N) is 3. The number of ether oxygens (including phenoxy) is 1. The standard InChI is InChI=1S/C15H11F3N4O2S/c1-8-19-5-4-11(20-8)13(23)22-14-21-10-3-2-9(6-12(10)25-14)24-7-15(16,17)18/h2-6H,7H2,1H3,(H,21,22,23). The van der Waals surface area contributed by atoms with Gasteiger partial charge in [0.2, 0.25) is 0 Å². The molecule has 0 radical (unpaired) electrons. The van der Waals surface area contributed by atoms with Gasteiger partial charge in [-0.15, -0.1) is 0 Å². The molecule has 0 bridgehead atoms. The minimum absolute atomic E-state index is 0.0813. The zero-order valence-electron chi connectivity index (χ0n) is 12.8. The van der Waals surface area contributed by atoms with Crippen molar-refractivity contribution in [3.05, 3.63) is 42.0 Å². The van der Waals surface area contributed by atoms with Crippen LogP contribution in [0.4, 0.5) is 18.3 Å². The van der Waals surface area contributed by atoms with Crippen LogP contribution in [-0.2, 0) is 0 Å². The van der Waals surface area contributed by atoms with Gasteiger partial charge in [0.25, 0.3) is 5.91 Å². The number of nitrogens with one attached hydrogen (secondary N) is 1. The highest BCUT2D eigenvalue weighted by Gasteiger charge is 2.28. The van der Waals surface area contributed by atoms with Crippen molar-refractivity contribution in [1.82, 2.24) is 15.0 Å². The molecule has 0 saturated heterocycles. The summed E-state index contributed by atoms with van der Waals surface area (Å²) in [5, 5.41) is 2.92. The van der Waals surface area contributed by atoms with Crippen molar-refractivity contribution in [3.8, 4) is 5.75 Å². The zero-order valence-corrected chi connectivity index (χ0v) is 13.6. The molecule has 0 atom stereocenters. The minimum Gasteiger partial charge on any atom is -0.484 e. The maximum Gasteiger partial charge on any atom is 0.422 e. The summed E-state index contributed by atoms with van der Waals surface area (Å²) in [6.07, 6.45) is -2.93. The Balaban J connectivity index is 1.76. The minimum atomic E-state index is -4.41.